The van der Waals surface area contributed by atoms with Crippen LogP contribution in [0.3, 0.4) is 0 Å². The highest BCUT2D eigenvalue weighted by Crippen LogP contribution is 2.37. The number of rotatable bonds is 16. The Labute approximate surface area is 386 Å². The molecule has 0 spiro atoms. The molecule has 64 heavy (non-hydrogen) atoms. The zero-order valence-corrected chi connectivity index (χ0v) is 40.0. The van der Waals surface area contributed by atoms with Crippen LogP contribution in [0.5, 0.6) is 0 Å². The highest BCUT2D eigenvalue weighted by Gasteiger charge is 2.42. The van der Waals surface area contributed by atoms with Crippen molar-refractivity contribution in [1.29, 1.82) is 0 Å². The molecule has 2 amide bonds. The molecule has 2 aliphatic rings. The molecule has 18 heteroatoms. The number of nitrogens with zero attached hydrogens (tertiary/aromatic N) is 4. The van der Waals surface area contributed by atoms with Gasteiger partial charge in [-0.25, -0.2) is 35.4 Å². The Balaban J connectivity index is 0.000000241. The van der Waals surface area contributed by atoms with Crippen molar-refractivity contribution in [3.63, 3.8) is 0 Å². The second-order valence-electron chi connectivity index (χ2n) is 16.7. The maximum atomic E-state index is 13.9. The molecule has 4 aromatic rings. The van der Waals surface area contributed by atoms with E-state index in [1.807, 2.05) is 33.8 Å². The third-order valence-electron chi connectivity index (χ3n) is 12.2. The summed E-state index contributed by atoms with van der Waals surface area (Å²) in [6.07, 6.45) is 4.57. The average molecular weight is 964 g/mol. The minimum Gasteiger partial charge on any atom is -0.351 e. The fourth-order valence-corrected chi connectivity index (χ4v) is 12.0. The molecule has 12 nitrogen and oxygen atoms in total. The standard InChI is InChI=1S/2C23H29ClFN3O3S/c1-3-4-14-32(30,31)28-12-10-23(11-13-28,20-6-5-7-21(25)27-20)16-26-22(29)19-9-8-18(24)15-17(19)2;1-3-4-14-32(30,31)28-12-10-23(11-13-28,20-6-5-7-21(25)27-20)16-26-22(29)18-9-8-17(2)15-19(18)24/h2*5-9,15H,3-4,10-14,16H2,1-2H3,(H,26,29). The van der Waals surface area contributed by atoms with Crippen LogP contribution in [-0.4, -0.2) is 98.0 Å². The molecular weight excluding hydrogens is 906 g/mol. The molecule has 0 unspecified atom stereocenters. The van der Waals surface area contributed by atoms with Gasteiger partial charge in [0.2, 0.25) is 31.9 Å². The SMILES string of the molecule is CCCCS(=O)(=O)N1CCC(CNC(=O)c2ccc(C)cc2Cl)(c2cccc(F)n2)CC1.CCCCS(=O)(=O)N1CCC(CNC(=O)c2ccc(Cl)cc2C)(c2cccc(F)n2)CC1. The number of halogens is 4. The number of nitrogens with one attached hydrogen (secondary N) is 2. The summed E-state index contributed by atoms with van der Waals surface area (Å²) in [6, 6.07) is 19.4. The van der Waals surface area contributed by atoms with Gasteiger partial charge in [0.25, 0.3) is 11.8 Å². The lowest BCUT2D eigenvalue weighted by Gasteiger charge is -2.41. The highest BCUT2D eigenvalue weighted by molar-refractivity contribution is 7.89. The van der Waals surface area contributed by atoms with Crippen LogP contribution in [0.4, 0.5) is 8.78 Å². The van der Waals surface area contributed by atoms with Crippen LogP contribution in [0.2, 0.25) is 10.0 Å². The van der Waals surface area contributed by atoms with Crippen molar-refractivity contribution in [2.45, 2.75) is 89.9 Å². The number of carbonyl (C=O) groups excluding carboxylic acids is 2. The van der Waals surface area contributed by atoms with E-state index in [1.54, 1.807) is 54.6 Å². The summed E-state index contributed by atoms with van der Waals surface area (Å²) in [4.78, 5) is 33.8. The first-order chi connectivity index (χ1) is 30.3. The van der Waals surface area contributed by atoms with Gasteiger partial charge in [0.15, 0.2) is 0 Å². The molecule has 4 heterocycles. The molecule has 2 aromatic heterocycles. The van der Waals surface area contributed by atoms with Crippen molar-refractivity contribution in [3.05, 3.63) is 128 Å². The first-order valence-corrected chi connectivity index (χ1v) is 25.6. The van der Waals surface area contributed by atoms with Crippen LogP contribution in [0, 0.1) is 25.7 Å². The van der Waals surface area contributed by atoms with E-state index in [2.05, 4.69) is 20.6 Å². The predicted octanol–water partition coefficient (Wildman–Crippen LogP) is 8.15. The number of sulfonamides is 2. The molecule has 2 aliphatic heterocycles. The number of hydrogen-bond acceptors (Lipinski definition) is 8. The summed E-state index contributed by atoms with van der Waals surface area (Å²) >= 11 is 12.2. The van der Waals surface area contributed by atoms with E-state index in [0.29, 0.717) is 97.3 Å². The van der Waals surface area contributed by atoms with Gasteiger partial charge >= 0.3 is 0 Å². The van der Waals surface area contributed by atoms with Crippen LogP contribution in [-0.2, 0) is 30.9 Å². The number of pyridine rings is 2. The number of piperidine rings is 2. The maximum Gasteiger partial charge on any atom is 0.252 e. The lowest BCUT2D eigenvalue weighted by molar-refractivity contribution is 0.0924. The Morgan fingerprint density at radius 1 is 0.656 bits per heavy atom. The van der Waals surface area contributed by atoms with E-state index in [1.165, 1.54) is 20.7 Å². The average Bonchev–Trinajstić information content (AvgIpc) is 3.26. The summed E-state index contributed by atoms with van der Waals surface area (Å²) in [5.41, 5.74) is 2.28. The van der Waals surface area contributed by atoms with Gasteiger partial charge in [-0.3, -0.25) is 9.59 Å². The van der Waals surface area contributed by atoms with Crippen molar-refractivity contribution in [3.8, 4) is 0 Å². The Morgan fingerprint density at radius 3 is 1.50 bits per heavy atom. The molecule has 2 aromatic carbocycles. The number of aryl methyl sites for hydroxylation is 2. The van der Waals surface area contributed by atoms with Gasteiger partial charge in [-0.2, -0.15) is 8.78 Å². The molecule has 2 N–H and O–H groups in total. The molecule has 0 saturated carbocycles. The van der Waals surface area contributed by atoms with E-state index in [4.69, 9.17) is 23.2 Å². The highest BCUT2D eigenvalue weighted by atomic mass is 35.5. The van der Waals surface area contributed by atoms with E-state index < -0.39 is 42.8 Å². The Kier molecular flexibility index (Phi) is 17.8. The number of benzene rings is 2. The van der Waals surface area contributed by atoms with Crippen molar-refractivity contribution < 1.29 is 35.2 Å². The summed E-state index contributed by atoms with van der Waals surface area (Å²) in [5.74, 6) is -1.54. The summed E-state index contributed by atoms with van der Waals surface area (Å²) < 4.78 is 81.4. The van der Waals surface area contributed by atoms with E-state index >= 15 is 0 Å². The molecule has 0 aliphatic carbocycles. The smallest absolute Gasteiger partial charge is 0.252 e. The zero-order chi connectivity index (χ0) is 46.7. The van der Waals surface area contributed by atoms with Crippen molar-refractivity contribution >= 4 is 55.1 Å². The van der Waals surface area contributed by atoms with Crippen molar-refractivity contribution in [1.82, 2.24) is 29.2 Å². The second-order valence-corrected chi connectivity index (χ2v) is 21.7. The quantitative estimate of drug-likeness (QED) is 0.107. The van der Waals surface area contributed by atoms with Gasteiger partial charge < -0.3 is 10.6 Å². The normalized spacial score (nSPS) is 16.6. The van der Waals surface area contributed by atoms with E-state index in [9.17, 15) is 35.2 Å². The largest absolute Gasteiger partial charge is 0.351 e. The molecule has 0 radical (unpaired) electrons. The fourth-order valence-electron chi connectivity index (χ4n) is 8.13. The minimum atomic E-state index is -3.34. The van der Waals surface area contributed by atoms with Crippen LogP contribution in [0.1, 0.15) is 108 Å². The Bertz CT molecular complexity index is 2310. The molecule has 2 fully saturated rings. The lowest BCUT2D eigenvalue weighted by Crippen LogP contribution is -2.51. The van der Waals surface area contributed by atoms with Gasteiger partial charge in [-0.1, -0.05) is 68.1 Å². The van der Waals surface area contributed by atoms with Gasteiger partial charge in [-0.15, -0.1) is 0 Å². The Morgan fingerprint density at radius 2 is 1.09 bits per heavy atom. The van der Waals surface area contributed by atoms with Gasteiger partial charge in [0, 0.05) is 60.7 Å². The number of aromatic nitrogens is 2. The first kappa shape index (κ1) is 50.9. The lowest BCUT2D eigenvalue weighted by atomic mass is 9.75. The Hall–Kier alpha value is -4.06. The number of unbranched alkanes of at least 4 members (excludes halogenated alkanes) is 2. The summed E-state index contributed by atoms with van der Waals surface area (Å²) in [7, 11) is -6.67. The second kappa shape index (κ2) is 22.4. The first-order valence-electron chi connectivity index (χ1n) is 21.6. The summed E-state index contributed by atoms with van der Waals surface area (Å²) in [5, 5.41) is 6.80. The molecule has 0 atom stereocenters. The third kappa shape index (κ3) is 13.1. The maximum absolute atomic E-state index is 13.9. The number of hydrogen-bond donors (Lipinski definition) is 2. The monoisotopic (exact) mass is 962 g/mol. The third-order valence-corrected chi connectivity index (χ3v) is 16.6. The van der Waals surface area contributed by atoms with Crippen LogP contribution < -0.4 is 10.6 Å². The molecule has 6 rings (SSSR count). The minimum absolute atomic E-state index is 0.122. The van der Waals surface area contributed by atoms with Crippen molar-refractivity contribution in [2.24, 2.45) is 0 Å². The number of amides is 2. The van der Waals surface area contributed by atoms with E-state index in [-0.39, 0.29) is 36.4 Å². The number of carbonyl (C=O) groups is 2. The fraction of sp³-hybridized carbons (Fsp3) is 0.478. The molecule has 2 saturated heterocycles. The summed E-state index contributed by atoms with van der Waals surface area (Å²) in [6.45, 7) is 9.25. The molecule has 0 bridgehead atoms. The van der Waals surface area contributed by atoms with E-state index in [0.717, 1.165) is 24.0 Å². The van der Waals surface area contributed by atoms with Gasteiger partial charge in [0.1, 0.15) is 0 Å². The van der Waals surface area contributed by atoms with Gasteiger partial charge in [-0.05, 0) is 118 Å². The van der Waals surface area contributed by atoms with Gasteiger partial charge in [0.05, 0.1) is 33.5 Å². The van der Waals surface area contributed by atoms with Crippen LogP contribution >= 0.6 is 23.2 Å². The van der Waals surface area contributed by atoms with Crippen molar-refractivity contribution in [2.75, 3.05) is 50.8 Å². The zero-order valence-electron chi connectivity index (χ0n) is 36.8. The topological polar surface area (TPSA) is 159 Å². The predicted molar refractivity (Wildman–Crippen MR) is 248 cm³/mol. The molecule has 348 valence electrons. The van der Waals surface area contributed by atoms with Crippen LogP contribution in [0.15, 0.2) is 72.8 Å². The molecular formula is C46H58Cl2F2N6O6S2. The van der Waals surface area contributed by atoms with Crippen LogP contribution in [0.25, 0.3) is 0 Å².